The Kier molecular flexibility index (Phi) is 19.2. The first-order valence-electron chi connectivity index (χ1n) is 24.6. The fourth-order valence-electron chi connectivity index (χ4n) is 9.56. The van der Waals surface area contributed by atoms with Gasteiger partial charge in [0.1, 0.15) is 0 Å². The number of ether oxygens (including phenoxy) is 6. The summed E-state index contributed by atoms with van der Waals surface area (Å²) in [6.07, 6.45) is 25.3. The second kappa shape index (κ2) is 23.7. The number of aliphatic hydroxyl groups is 1. The summed E-state index contributed by atoms with van der Waals surface area (Å²) in [7, 11) is 0. The summed E-state index contributed by atoms with van der Waals surface area (Å²) < 4.78 is 35.5. The molecule has 6 aliphatic rings. The normalized spacial score (nSPS) is 38.4. The van der Waals surface area contributed by atoms with Gasteiger partial charge in [-0.1, -0.05) is 101 Å². The molecule has 0 aliphatic carbocycles. The highest BCUT2D eigenvalue weighted by molar-refractivity contribution is 5.88. The molecule has 0 saturated carbocycles. The van der Waals surface area contributed by atoms with E-state index in [-0.39, 0.29) is 84.2 Å². The second-order valence-electron chi connectivity index (χ2n) is 21.2. The molecule has 6 fully saturated rings. The molecule has 0 radical (unpaired) electrons. The lowest BCUT2D eigenvalue weighted by atomic mass is 9.88. The second-order valence-corrected chi connectivity index (χ2v) is 21.2. The molecule has 66 heavy (non-hydrogen) atoms. The van der Waals surface area contributed by atoms with Crippen LogP contribution >= 0.6 is 0 Å². The molecule has 6 heterocycles. The van der Waals surface area contributed by atoms with E-state index in [1.165, 1.54) is 0 Å². The SMILES string of the molecule is CC(/C=C/[C@@H]1C[C@]2(CO2)C[C@@](C)(O)O1)=C\C[C@@H]1O[C@H](C)[C@H](NC(=O)/C=C\C(C)C)C[C@@H]1C.CC(/C=C/[C@@H]1C[C@]2(CO2)C[C@H](CC(=O)O)O1)=C\C[C@@H]1O[C@H](C)[C@H](NC(=O)/C=C\C(C)C)C[C@@H]1C. The number of carbonyl (C=O) groups is 3. The fourth-order valence-corrected chi connectivity index (χ4v) is 9.56. The average molecular weight is 923 g/mol. The van der Waals surface area contributed by atoms with Gasteiger partial charge in [0.25, 0.3) is 0 Å². The molecule has 0 aromatic carbocycles. The van der Waals surface area contributed by atoms with E-state index in [1.54, 1.807) is 19.1 Å². The van der Waals surface area contributed by atoms with Crippen molar-refractivity contribution in [2.75, 3.05) is 13.2 Å². The molecular weight excluding hydrogens is 841 g/mol. The van der Waals surface area contributed by atoms with Crippen molar-refractivity contribution in [2.45, 2.75) is 206 Å². The van der Waals surface area contributed by atoms with Crippen molar-refractivity contribution < 1.29 is 53.0 Å². The van der Waals surface area contributed by atoms with Gasteiger partial charge in [-0.25, -0.2) is 0 Å². The Hall–Kier alpha value is -3.43. The summed E-state index contributed by atoms with van der Waals surface area (Å²) in [4.78, 5) is 35.4. The number of allylic oxidation sites excluding steroid dienone is 6. The van der Waals surface area contributed by atoms with Crippen LogP contribution in [0.3, 0.4) is 0 Å². The van der Waals surface area contributed by atoms with Crippen molar-refractivity contribution in [3.8, 4) is 0 Å². The molecule has 0 aromatic rings. The maximum atomic E-state index is 12.2. The number of aliphatic carboxylic acids is 1. The zero-order valence-electron chi connectivity index (χ0n) is 41.6. The number of hydrogen-bond donors (Lipinski definition) is 4. The lowest BCUT2D eigenvalue weighted by molar-refractivity contribution is -0.244. The number of rotatable bonds is 16. The molecule has 6 aliphatic heterocycles. The van der Waals surface area contributed by atoms with Crippen LogP contribution in [-0.4, -0.2) is 113 Å². The van der Waals surface area contributed by atoms with E-state index < -0.39 is 11.8 Å². The van der Waals surface area contributed by atoms with Crippen LogP contribution in [0.25, 0.3) is 0 Å². The Balaban J connectivity index is 0.000000248. The first kappa shape index (κ1) is 53.5. The van der Waals surface area contributed by atoms with Crippen LogP contribution in [0.1, 0.15) is 134 Å². The van der Waals surface area contributed by atoms with Crippen LogP contribution in [0, 0.1) is 23.7 Å². The van der Waals surface area contributed by atoms with Crippen LogP contribution in [0.2, 0.25) is 0 Å². The Bertz CT molecular complexity index is 1820. The molecule has 4 N–H and O–H groups in total. The van der Waals surface area contributed by atoms with E-state index in [1.807, 2.05) is 58.1 Å². The van der Waals surface area contributed by atoms with Crippen molar-refractivity contribution in [2.24, 2.45) is 23.7 Å². The number of amides is 2. The zero-order chi connectivity index (χ0) is 48.4. The lowest BCUT2D eigenvalue weighted by Crippen LogP contribution is -2.50. The highest BCUT2D eigenvalue weighted by atomic mass is 16.7. The summed E-state index contributed by atoms with van der Waals surface area (Å²) in [6, 6.07) is 0.0448. The third kappa shape index (κ3) is 17.6. The molecule has 6 rings (SSSR count). The molecule has 370 valence electrons. The van der Waals surface area contributed by atoms with Crippen molar-refractivity contribution in [1.29, 1.82) is 0 Å². The standard InChI is InChI=1S/C27H41NO6.C26H41NO5/c1-17(2)6-11-25(29)28-23-12-19(4)24(33-20(23)5)10-8-18(3)7-9-21-14-27(16-32-27)15-22(34-21)13-26(30)31;1-17(2)7-12-24(28)27-22-13-19(4)23(31-20(22)5)11-9-18(3)8-10-21-14-26(16-30-26)15-25(6,29)32-21/h6-9,11,17,19-24H,10,12-16H2,1-5H3,(H,28,29)(H,30,31);7-10,12,17,19-23,29H,11,13-16H2,1-6H3,(H,27,28)/b9-7+,11-6-,18-8+;10-8+,12-7-,18-9+/t19-,20+,21+,22-,23+,24-,27+;19-,20+,21+,22+,23-,25-,26+/m00/s1. The van der Waals surface area contributed by atoms with Gasteiger partial charge in [0.2, 0.25) is 11.8 Å². The molecular formula is C53H82N2O11. The smallest absolute Gasteiger partial charge is 0.305 e. The molecule has 0 aromatic heterocycles. The molecule has 0 bridgehead atoms. The minimum Gasteiger partial charge on any atom is -0.481 e. The lowest BCUT2D eigenvalue weighted by Gasteiger charge is -2.39. The zero-order valence-corrected chi connectivity index (χ0v) is 41.6. The summed E-state index contributed by atoms with van der Waals surface area (Å²) in [5, 5.41) is 25.6. The first-order valence-corrected chi connectivity index (χ1v) is 24.6. The summed E-state index contributed by atoms with van der Waals surface area (Å²) in [5.41, 5.74) is 1.87. The quantitative estimate of drug-likeness (QED) is 0.0666. The number of carboxylic acids is 1. The van der Waals surface area contributed by atoms with E-state index in [9.17, 15) is 19.5 Å². The summed E-state index contributed by atoms with van der Waals surface area (Å²) in [6.45, 7) is 23.8. The third-order valence-corrected chi connectivity index (χ3v) is 13.5. The molecule has 6 saturated heterocycles. The maximum absolute atomic E-state index is 12.2. The van der Waals surface area contributed by atoms with Gasteiger partial charge in [-0.15, -0.1) is 0 Å². The summed E-state index contributed by atoms with van der Waals surface area (Å²) in [5.74, 6) is -0.712. The largest absolute Gasteiger partial charge is 0.481 e. The number of epoxide rings is 2. The highest BCUT2D eigenvalue weighted by Gasteiger charge is 2.55. The van der Waals surface area contributed by atoms with Crippen LogP contribution in [0.15, 0.2) is 71.9 Å². The number of carboxylic acid groups (broad SMARTS) is 1. The minimum absolute atomic E-state index is 0.00875. The fraction of sp³-hybridized carbons (Fsp3) is 0.717. The molecule has 0 unspecified atom stereocenters. The molecule has 2 spiro atoms. The molecule has 14 atom stereocenters. The Morgan fingerprint density at radius 2 is 1.14 bits per heavy atom. The van der Waals surface area contributed by atoms with E-state index in [2.05, 4.69) is 70.4 Å². The Labute approximate surface area is 394 Å². The van der Waals surface area contributed by atoms with Gasteiger partial charge in [-0.2, -0.15) is 0 Å². The van der Waals surface area contributed by atoms with Gasteiger partial charge >= 0.3 is 5.97 Å². The third-order valence-electron chi connectivity index (χ3n) is 13.5. The average Bonchev–Trinajstić information content (AvgIpc) is 4.16. The Morgan fingerprint density at radius 1 is 0.682 bits per heavy atom. The van der Waals surface area contributed by atoms with Gasteiger partial charge < -0.3 is 49.3 Å². The van der Waals surface area contributed by atoms with E-state index in [0.29, 0.717) is 49.7 Å². The van der Waals surface area contributed by atoms with Gasteiger partial charge in [0, 0.05) is 25.7 Å². The number of carbonyl (C=O) groups excluding carboxylic acids is 2. The topological polar surface area (TPSA) is 178 Å². The van der Waals surface area contributed by atoms with Gasteiger partial charge in [0.15, 0.2) is 5.79 Å². The molecule has 13 heteroatoms. The van der Waals surface area contributed by atoms with Crippen LogP contribution in [-0.2, 0) is 42.8 Å². The van der Waals surface area contributed by atoms with Crippen LogP contribution in [0.4, 0.5) is 0 Å². The van der Waals surface area contributed by atoms with Crippen LogP contribution < -0.4 is 10.6 Å². The predicted octanol–water partition coefficient (Wildman–Crippen LogP) is 8.23. The van der Waals surface area contributed by atoms with Gasteiger partial charge in [-0.05, 0) is 96.1 Å². The van der Waals surface area contributed by atoms with Gasteiger partial charge in [0.05, 0.1) is 85.6 Å². The molecule has 2 amide bonds. The van der Waals surface area contributed by atoms with Gasteiger partial charge in [-0.3, -0.25) is 14.4 Å². The Morgan fingerprint density at radius 3 is 1.58 bits per heavy atom. The minimum atomic E-state index is -1.14. The number of hydrogen-bond acceptors (Lipinski definition) is 10. The monoisotopic (exact) mass is 923 g/mol. The molecule has 13 nitrogen and oxygen atoms in total. The number of nitrogens with one attached hydrogen (secondary N) is 2. The van der Waals surface area contributed by atoms with E-state index in [4.69, 9.17) is 33.5 Å². The highest BCUT2D eigenvalue weighted by Crippen LogP contribution is 2.46. The van der Waals surface area contributed by atoms with Crippen LogP contribution in [0.5, 0.6) is 0 Å². The maximum Gasteiger partial charge on any atom is 0.305 e. The van der Waals surface area contributed by atoms with E-state index >= 15 is 0 Å². The van der Waals surface area contributed by atoms with E-state index in [0.717, 1.165) is 49.7 Å². The summed E-state index contributed by atoms with van der Waals surface area (Å²) >= 11 is 0. The van der Waals surface area contributed by atoms with Crippen molar-refractivity contribution in [3.05, 3.63) is 71.9 Å². The first-order chi connectivity index (χ1) is 31.0. The van der Waals surface area contributed by atoms with Crippen molar-refractivity contribution >= 4 is 17.8 Å². The van der Waals surface area contributed by atoms with Crippen molar-refractivity contribution in [3.63, 3.8) is 0 Å². The predicted molar refractivity (Wildman–Crippen MR) is 255 cm³/mol. The van der Waals surface area contributed by atoms with Crippen molar-refractivity contribution in [1.82, 2.24) is 10.6 Å².